The standard InChI is InChI=1S/C18H14BrFN2O4S2/c19-13-1-9-17(10-2-13)27(23,24)22-16-7-11-18(12-8-16)28(25,26)21-15-5-3-14(20)4-6-15/h1-12,21-22H. The van der Waals surface area contributed by atoms with Crippen LogP contribution >= 0.6 is 15.9 Å². The Morgan fingerprint density at radius 1 is 0.607 bits per heavy atom. The van der Waals surface area contributed by atoms with Crippen LogP contribution in [0.5, 0.6) is 0 Å². The first-order chi connectivity index (χ1) is 13.2. The lowest BCUT2D eigenvalue weighted by atomic mass is 10.3. The summed E-state index contributed by atoms with van der Waals surface area (Å²) in [5, 5.41) is 0. The second-order valence-corrected chi connectivity index (χ2v) is 9.98. The Balaban J connectivity index is 1.77. The average molecular weight is 485 g/mol. The van der Waals surface area contributed by atoms with Crippen molar-refractivity contribution in [3.8, 4) is 0 Å². The van der Waals surface area contributed by atoms with Gasteiger partial charge in [0.1, 0.15) is 5.82 Å². The first-order valence-electron chi connectivity index (χ1n) is 7.83. The Bertz CT molecular complexity index is 1180. The summed E-state index contributed by atoms with van der Waals surface area (Å²) in [6.07, 6.45) is 0. The second kappa shape index (κ2) is 7.90. The molecule has 0 heterocycles. The lowest BCUT2D eigenvalue weighted by molar-refractivity contribution is 0.600. The highest BCUT2D eigenvalue weighted by atomic mass is 79.9. The third kappa shape index (κ3) is 4.89. The van der Waals surface area contributed by atoms with E-state index < -0.39 is 25.9 Å². The highest BCUT2D eigenvalue weighted by molar-refractivity contribution is 9.10. The maximum Gasteiger partial charge on any atom is 0.261 e. The third-order valence-corrected chi connectivity index (χ3v) is 6.96. The molecule has 0 aliphatic rings. The molecule has 3 aromatic rings. The molecule has 0 amide bonds. The van der Waals surface area contributed by atoms with Gasteiger partial charge in [-0.05, 0) is 72.8 Å². The molecular weight excluding hydrogens is 471 g/mol. The lowest BCUT2D eigenvalue weighted by Crippen LogP contribution is -2.14. The zero-order valence-corrected chi connectivity index (χ0v) is 17.4. The van der Waals surface area contributed by atoms with Gasteiger partial charge in [-0.2, -0.15) is 0 Å². The van der Waals surface area contributed by atoms with Crippen molar-refractivity contribution in [3.05, 3.63) is 83.1 Å². The predicted molar refractivity (Wildman–Crippen MR) is 109 cm³/mol. The van der Waals surface area contributed by atoms with E-state index in [1.54, 1.807) is 12.1 Å². The van der Waals surface area contributed by atoms with Crippen LogP contribution in [-0.4, -0.2) is 16.8 Å². The number of halogens is 2. The fourth-order valence-electron chi connectivity index (χ4n) is 2.26. The summed E-state index contributed by atoms with van der Waals surface area (Å²) in [6, 6.07) is 16.2. The van der Waals surface area contributed by atoms with Gasteiger partial charge < -0.3 is 0 Å². The van der Waals surface area contributed by atoms with Gasteiger partial charge in [0.2, 0.25) is 0 Å². The lowest BCUT2D eigenvalue weighted by Gasteiger charge is -2.10. The first-order valence-corrected chi connectivity index (χ1v) is 11.6. The zero-order chi connectivity index (χ0) is 20.4. The van der Waals surface area contributed by atoms with E-state index in [4.69, 9.17) is 0 Å². The number of nitrogens with one attached hydrogen (secondary N) is 2. The fraction of sp³-hybridized carbons (Fsp3) is 0. The van der Waals surface area contributed by atoms with E-state index in [0.29, 0.717) is 0 Å². The van der Waals surface area contributed by atoms with Crippen LogP contribution in [0.3, 0.4) is 0 Å². The van der Waals surface area contributed by atoms with Crippen molar-refractivity contribution in [1.82, 2.24) is 0 Å². The molecule has 146 valence electrons. The number of anilines is 2. The Kier molecular flexibility index (Phi) is 5.73. The molecule has 0 spiro atoms. The van der Waals surface area contributed by atoms with Crippen LogP contribution < -0.4 is 9.44 Å². The minimum absolute atomic E-state index is 0.0663. The van der Waals surface area contributed by atoms with Crippen LogP contribution in [0.4, 0.5) is 15.8 Å². The first kappa shape index (κ1) is 20.3. The third-order valence-electron chi connectivity index (χ3n) is 3.64. The van der Waals surface area contributed by atoms with Crippen molar-refractivity contribution in [2.75, 3.05) is 9.44 Å². The maximum absolute atomic E-state index is 12.9. The summed E-state index contributed by atoms with van der Waals surface area (Å²) >= 11 is 3.24. The normalized spacial score (nSPS) is 11.8. The highest BCUT2D eigenvalue weighted by Crippen LogP contribution is 2.21. The molecule has 0 radical (unpaired) electrons. The average Bonchev–Trinajstić information content (AvgIpc) is 2.64. The van der Waals surface area contributed by atoms with Gasteiger partial charge in [0.05, 0.1) is 9.79 Å². The molecule has 0 atom stereocenters. The molecule has 0 aromatic heterocycles. The molecule has 0 saturated heterocycles. The van der Waals surface area contributed by atoms with Gasteiger partial charge in [-0.15, -0.1) is 0 Å². The molecule has 3 aromatic carbocycles. The van der Waals surface area contributed by atoms with E-state index in [1.165, 1.54) is 48.5 Å². The molecule has 0 unspecified atom stereocenters. The molecule has 0 bridgehead atoms. The molecule has 0 saturated carbocycles. The second-order valence-electron chi connectivity index (χ2n) is 5.70. The van der Waals surface area contributed by atoms with Gasteiger partial charge >= 0.3 is 0 Å². The fourth-order valence-corrected chi connectivity index (χ4v) is 4.64. The Labute approximate surface area is 170 Å². The van der Waals surface area contributed by atoms with Gasteiger partial charge in [-0.25, -0.2) is 21.2 Å². The van der Waals surface area contributed by atoms with E-state index in [-0.39, 0.29) is 21.2 Å². The topological polar surface area (TPSA) is 92.3 Å². The largest absolute Gasteiger partial charge is 0.280 e. The van der Waals surface area contributed by atoms with Gasteiger partial charge in [-0.3, -0.25) is 9.44 Å². The van der Waals surface area contributed by atoms with Gasteiger partial charge in [0.15, 0.2) is 0 Å². The van der Waals surface area contributed by atoms with Crippen LogP contribution in [0.1, 0.15) is 0 Å². The highest BCUT2D eigenvalue weighted by Gasteiger charge is 2.17. The van der Waals surface area contributed by atoms with Gasteiger partial charge in [-0.1, -0.05) is 15.9 Å². The van der Waals surface area contributed by atoms with Crippen molar-refractivity contribution >= 4 is 47.4 Å². The minimum atomic E-state index is -3.90. The van der Waals surface area contributed by atoms with E-state index in [2.05, 4.69) is 25.4 Å². The van der Waals surface area contributed by atoms with E-state index in [9.17, 15) is 21.2 Å². The summed E-state index contributed by atoms with van der Waals surface area (Å²) in [6.45, 7) is 0. The monoisotopic (exact) mass is 484 g/mol. The predicted octanol–water partition coefficient (Wildman–Crippen LogP) is 4.19. The van der Waals surface area contributed by atoms with Crippen molar-refractivity contribution in [2.24, 2.45) is 0 Å². The van der Waals surface area contributed by atoms with Crippen molar-refractivity contribution in [2.45, 2.75) is 9.79 Å². The van der Waals surface area contributed by atoms with Crippen LogP contribution in [0, 0.1) is 5.82 Å². The molecule has 6 nitrogen and oxygen atoms in total. The zero-order valence-electron chi connectivity index (χ0n) is 14.1. The summed E-state index contributed by atoms with van der Waals surface area (Å²) in [5.74, 6) is -0.481. The van der Waals surface area contributed by atoms with Crippen LogP contribution in [0.15, 0.2) is 87.1 Å². The van der Waals surface area contributed by atoms with Crippen molar-refractivity contribution < 1.29 is 21.2 Å². The van der Waals surface area contributed by atoms with Gasteiger partial charge in [0.25, 0.3) is 20.0 Å². The Hall–Kier alpha value is -2.43. The molecule has 3 rings (SSSR count). The van der Waals surface area contributed by atoms with E-state index in [1.807, 2.05) is 0 Å². The summed E-state index contributed by atoms with van der Waals surface area (Å²) < 4.78 is 67.9. The quantitative estimate of drug-likeness (QED) is 0.548. The smallest absolute Gasteiger partial charge is 0.261 e. The van der Waals surface area contributed by atoms with Crippen LogP contribution in [0.2, 0.25) is 0 Å². The maximum atomic E-state index is 12.9. The van der Waals surface area contributed by atoms with Crippen LogP contribution in [-0.2, 0) is 20.0 Å². The summed E-state index contributed by atoms with van der Waals surface area (Å²) in [7, 11) is -7.70. The van der Waals surface area contributed by atoms with Gasteiger partial charge in [0, 0.05) is 15.8 Å². The minimum Gasteiger partial charge on any atom is -0.280 e. The Morgan fingerprint density at radius 2 is 0.964 bits per heavy atom. The number of sulfonamides is 2. The Morgan fingerprint density at radius 3 is 1.39 bits per heavy atom. The summed E-state index contributed by atoms with van der Waals surface area (Å²) in [4.78, 5) is 0.00814. The molecule has 0 aliphatic carbocycles. The SMILES string of the molecule is O=S(=O)(Nc1ccc(S(=O)(=O)Nc2ccc(F)cc2)cc1)c1ccc(Br)cc1. The summed E-state index contributed by atoms with van der Waals surface area (Å²) in [5.41, 5.74) is 0.421. The molecule has 0 fully saturated rings. The molecule has 0 aliphatic heterocycles. The number of hydrogen-bond donors (Lipinski definition) is 2. The molecule has 10 heteroatoms. The van der Waals surface area contributed by atoms with E-state index in [0.717, 1.165) is 16.6 Å². The number of hydrogen-bond acceptors (Lipinski definition) is 4. The molecule has 2 N–H and O–H groups in total. The molecule has 28 heavy (non-hydrogen) atoms. The van der Waals surface area contributed by atoms with Crippen LogP contribution in [0.25, 0.3) is 0 Å². The van der Waals surface area contributed by atoms with E-state index >= 15 is 0 Å². The molecular formula is C18H14BrFN2O4S2. The van der Waals surface area contributed by atoms with Crippen molar-refractivity contribution in [3.63, 3.8) is 0 Å². The van der Waals surface area contributed by atoms with Crippen molar-refractivity contribution in [1.29, 1.82) is 0 Å². The number of rotatable bonds is 6. The number of benzene rings is 3.